The molecule has 0 aromatic heterocycles. The predicted octanol–water partition coefficient (Wildman–Crippen LogP) is 4.82. The van der Waals surface area contributed by atoms with Gasteiger partial charge in [-0.05, 0) is 48.9 Å². The van der Waals surface area contributed by atoms with Crippen LogP contribution >= 0.6 is 0 Å². The number of hydrogen-bond acceptors (Lipinski definition) is 4. The van der Waals surface area contributed by atoms with Gasteiger partial charge >= 0.3 is 0 Å². The van der Waals surface area contributed by atoms with Gasteiger partial charge in [0, 0.05) is 31.0 Å². The molecule has 1 aliphatic carbocycles. The first-order valence-electron chi connectivity index (χ1n) is 10.7. The van der Waals surface area contributed by atoms with E-state index in [4.69, 9.17) is 9.47 Å². The number of ether oxygens (including phenoxy) is 2. The monoisotopic (exact) mass is 393 g/mol. The summed E-state index contributed by atoms with van der Waals surface area (Å²) in [5, 5.41) is 0. The molecule has 0 spiro atoms. The summed E-state index contributed by atoms with van der Waals surface area (Å²) in [6, 6.07) is 16.7. The third-order valence-electron chi connectivity index (χ3n) is 6.51. The number of rotatable bonds is 7. The molecule has 4 heteroatoms. The second kappa shape index (κ2) is 8.58. The first kappa shape index (κ1) is 20.0. The average Bonchev–Trinajstić information content (AvgIpc) is 3.37. The van der Waals surface area contributed by atoms with E-state index < -0.39 is 5.41 Å². The van der Waals surface area contributed by atoms with Crippen LogP contribution in [0.15, 0.2) is 48.5 Å². The third-order valence-corrected chi connectivity index (χ3v) is 6.51. The SMILES string of the molecule is COc1ccc([C@@H]2CN(Cc3ccccc3)CC2(C)C=O)cc1OC1CCCC1. The molecule has 154 valence electrons. The van der Waals surface area contributed by atoms with Crippen LogP contribution in [0.3, 0.4) is 0 Å². The van der Waals surface area contributed by atoms with Gasteiger partial charge in [-0.1, -0.05) is 43.3 Å². The summed E-state index contributed by atoms with van der Waals surface area (Å²) < 4.78 is 11.8. The Morgan fingerprint density at radius 3 is 2.55 bits per heavy atom. The van der Waals surface area contributed by atoms with Crippen LogP contribution in [0.4, 0.5) is 0 Å². The highest BCUT2D eigenvalue weighted by molar-refractivity contribution is 5.63. The Morgan fingerprint density at radius 1 is 1.10 bits per heavy atom. The number of carbonyl (C=O) groups excluding carboxylic acids is 1. The van der Waals surface area contributed by atoms with Crippen molar-refractivity contribution < 1.29 is 14.3 Å². The van der Waals surface area contributed by atoms with Gasteiger partial charge in [0.05, 0.1) is 13.2 Å². The summed E-state index contributed by atoms with van der Waals surface area (Å²) in [6.45, 7) is 4.57. The molecule has 0 bridgehead atoms. The van der Waals surface area contributed by atoms with E-state index in [0.29, 0.717) is 0 Å². The van der Waals surface area contributed by atoms with Gasteiger partial charge in [0.1, 0.15) is 6.29 Å². The Balaban J connectivity index is 1.57. The fraction of sp³-hybridized carbons (Fsp3) is 0.480. The Morgan fingerprint density at radius 2 is 1.86 bits per heavy atom. The Hall–Kier alpha value is -2.33. The molecule has 2 fully saturated rings. The highest BCUT2D eigenvalue weighted by atomic mass is 16.5. The molecule has 1 saturated carbocycles. The van der Waals surface area contributed by atoms with Crippen molar-refractivity contribution in [2.24, 2.45) is 5.41 Å². The van der Waals surface area contributed by atoms with E-state index in [9.17, 15) is 4.79 Å². The van der Waals surface area contributed by atoms with Gasteiger partial charge in [-0.2, -0.15) is 0 Å². The van der Waals surface area contributed by atoms with Crippen LogP contribution in [0, 0.1) is 5.41 Å². The first-order chi connectivity index (χ1) is 14.1. The Kier molecular flexibility index (Phi) is 5.91. The zero-order valence-corrected chi connectivity index (χ0v) is 17.5. The molecule has 1 unspecified atom stereocenters. The molecule has 1 saturated heterocycles. The van der Waals surface area contributed by atoms with Gasteiger partial charge in [0.2, 0.25) is 0 Å². The lowest BCUT2D eigenvalue weighted by atomic mass is 9.77. The summed E-state index contributed by atoms with van der Waals surface area (Å²) in [6.07, 6.45) is 6.08. The summed E-state index contributed by atoms with van der Waals surface area (Å²) >= 11 is 0. The van der Waals surface area contributed by atoms with Gasteiger partial charge in [-0.15, -0.1) is 0 Å². The largest absolute Gasteiger partial charge is 0.493 e. The van der Waals surface area contributed by atoms with Crippen molar-refractivity contribution in [1.82, 2.24) is 4.90 Å². The summed E-state index contributed by atoms with van der Waals surface area (Å²) in [4.78, 5) is 14.5. The zero-order chi connectivity index (χ0) is 20.3. The maximum absolute atomic E-state index is 12.1. The molecule has 29 heavy (non-hydrogen) atoms. The molecule has 2 aromatic rings. The second-order valence-corrected chi connectivity index (χ2v) is 8.77. The number of nitrogens with zero attached hydrogens (tertiary/aromatic N) is 1. The topological polar surface area (TPSA) is 38.8 Å². The van der Waals surface area contributed by atoms with E-state index in [1.165, 1.54) is 18.4 Å². The lowest BCUT2D eigenvalue weighted by molar-refractivity contribution is -0.115. The summed E-state index contributed by atoms with van der Waals surface area (Å²) in [5.74, 6) is 1.72. The van der Waals surface area contributed by atoms with Gasteiger partial charge < -0.3 is 14.3 Å². The molecule has 4 nitrogen and oxygen atoms in total. The molecular weight excluding hydrogens is 362 g/mol. The summed E-state index contributed by atoms with van der Waals surface area (Å²) in [7, 11) is 1.68. The molecule has 1 aliphatic heterocycles. The number of carbonyl (C=O) groups is 1. The van der Waals surface area contributed by atoms with E-state index in [1.54, 1.807) is 7.11 Å². The lowest BCUT2D eigenvalue weighted by Gasteiger charge is -2.25. The fourth-order valence-corrected chi connectivity index (χ4v) is 4.88. The molecule has 2 aromatic carbocycles. The van der Waals surface area contributed by atoms with Crippen molar-refractivity contribution in [3.63, 3.8) is 0 Å². The molecule has 4 rings (SSSR count). The zero-order valence-electron chi connectivity index (χ0n) is 17.5. The minimum atomic E-state index is -0.409. The smallest absolute Gasteiger partial charge is 0.161 e. The normalized spacial score (nSPS) is 25.2. The van der Waals surface area contributed by atoms with Crippen molar-refractivity contribution in [2.45, 2.75) is 51.2 Å². The van der Waals surface area contributed by atoms with E-state index in [2.05, 4.69) is 48.2 Å². The molecule has 1 heterocycles. The Labute approximate surface area is 173 Å². The fourth-order valence-electron chi connectivity index (χ4n) is 4.88. The van der Waals surface area contributed by atoms with Crippen LogP contribution in [0.1, 0.15) is 49.7 Å². The number of aldehydes is 1. The van der Waals surface area contributed by atoms with Crippen LogP contribution < -0.4 is 9.47 Å². The van der Waals surface area contributed by atoms with Gasteiger partial charge in [-0.3, -0.25) is 4.90 Å². The number of methoxy groups -OCH3 is 1. The minimum absolute atomic E-state index is 0.139. The number of hydrogen-bond donors (Lipinski definition) is 0. The second-order valence-electron chi connectivity index (χ2n) is 8.77. The highest BCUT2D eigenvalue weighted by Gasteiger charge is 2.44. The van der Waals surface area contributed by atoms with Crippen molar-refractivity contribution in [3.8, 4) is 11.5 Å². The van der Waals surface area contributed by atoms with E-state index in [-0.39, 0.29) is 12.0 Å². The number of likely N-dealkylation sites (tertiary alicyclic amines) is 1. The van der Waals surface area contributed by atoms with Crippen LogP contribution in [0.25, 0.3) is 0 Å². The van der Waals surface area contributed by atoms with E-state index in [1.807, 2.05) is 12.1 Å². The molecule has 0 radical (unpaired) electrons. The third kappa shape index (κ3) is 4.32. The maximum Gasteiger partial charge on any atom is 0.161 e. The highest BCUT2D eigenvalue weighted by Crippen LogP contribution is 2.44. The van der Waals surface area contributed by atoms with E-state index in [0.717, 1.165) is 55.8 Å². The average molecular weight is 394 g/mol. The quantitative estimate of drug-likeness (QED) is 0.632. The molecule has 0 N–H and O–H groups in total. The predicted molar refractivity (Wildman–Crippen MR) is 115 cm³/mol. The van der Waals surface area contributed by atoms with Crippen LogP contribution in [0.5, 0.6) is 11.5 Å². The molecule has 2 atom stereocenters. The maximum atomic E-state index is 12.1. The van der Waals surface area contributed by atoms with E-state index >= 15 is 0 Å². The van der Waals surface area contributed by atoms with Crippen molar-refractivity contribution in [3.05, 3.63) is 59.7 Å². The van der Waals surface area contributed by atoms with Crippen LogP contribution in [0.2, 0.25) is 0 Å². The first-order valence-corrected chi connectivity index (χ1v) is 10.7. The Bertz CT molecular complexity index is 831. The lowest BCUT2D eigenvalue weighted by Crippen LogP contribution is -2.28. The van der Waals surface area contributed by atoms with Crippen molar-refractivity contribution in [2.75, 3.05) is 20.2 Å². The van der Waals surface area contributed by atoms with Crippen molar-refractivity contribution >= 4 is 6.29 Å². The van der Waals surface area contributed by atoms with Gasteiger partial charge in [0.25, 0.3) is 0 Å². The van der Waals surface area contributed by atoms with Crippen molar-refractivity contribution in [1.29, 1.82) is 0 Å². The van der Waals surface area contributed by atoms with Crippen LogP contribution in [-0.2, 0) is 11.3 Å². The van der Waals surface area contributed by atoms with Gasteiger partial charge in [0.15, 0.2) is 11.5 Å². The minimum Gasteiger partial charge on any atom is -0.493 e. The molecular formula is C25H31NO3. The standard InChI is InChI=1S/C25H31NO3/c1-25(18-27)17-26(15-19-8-4-3-5-9-19)16-22(25)20-12-13-23(28-2)24(14-20)29-21-10-6-7-11-21/h3-5,8-9,12-14,18,21-22H,6-7,10-11,15-17H2,1-2H3/t22-,25?/m0/s1. The molecule has 2 aliphatic rings. The van der Waals surface area contributed by atoms with Gasteiger partial charge in [-0.25, -0.2) is 0 Å². The van der Waals surface area contributed by atoms with Crippen LogP contribution in [-0.4, -0.2) is 37.5 Å². The molecule has 0 amide bonds. The number of benzene rings is 2. The summed E-state index contributed by atoms with van der Waals surface area (Å²) in [5.41, 5.74) is 2.03.